The Balaban J connectivity index is 2.31. The molecule has 3 aromatic rings. The van der Waals surface area contributed by atoms with Crippen LogP contribution in [0.4, 0.5) is 0 Å². The van der Waals surface area contributed by atoms with E-state index in [1.807, 2.05) is 44.2 Å². The summed E-state index contributed by atoms with van der Waals surface area (Å²) in [4.78, 5) is 12.3. The van der Waals surface area contributed by atoms with Crippen LogP contribution in [0.2, 0.25) is 0 Å². The molecule has 0 saturated carbocycles. The van der Waals surface area contributed by atoms with Crippen molar-refractivity contribution in [3.05, 3.63) is 47.1 Å². The molecule has 19 heavy (non-hydrogen) atoms. The van der Waals surface area contributed by atoms with E-state index in [9.17, 15) is 4.79 Å². The first kappa shape index (κ1) is 11.8. The third kappa shape index (κ3) is 1.71. The zero-order valence-electron chi connectivity index (χ0n) is 11.1. The maximum absolute atomic E-state index is 12.3. The van der Waals surface area contributed by atoms with Crippen molar-refractivity contribution < 1.29 is 4.42 Å². The molecule has 0 fully saturated rings. The lowest BCUT2D eigenvalue weighted by molar-refractivity contribution is 0.582. The lowest BCUT2D eigenvalue weighted by Gasteiger charge is -2.01. The Morgan fingerprint density at radius 1 is 1.05 bits per heavy atom. The number of aromatic nitrogens is 2. The largest absolute Gasteiger partial charge is 0.464 e. The molecule has 98 valence electrons. The van der Waals surface area contributed by atoms with Crippen LogP contribution in [0, 0.1) is 0 Å². The Hall–Kier alpha value is -2.23. The predicted molar refractivity (Wildman–Crippen MR) is 75.2 cm³/mol. The second-order valence-corrected chi connectivity index (χ2v) is 4.45. The highest BCUT2D eigenvalue weighted by Crippen LogP contribution is 2.24. The second kappa shape index (κ2) is 4.46. The molecule has 0 aliphatic carbocycles. The van der Waals surface area contributed by atoms with Gasteiger partial charge in [-0.3, -0.25) is 9.13 Å². The smallest absolute Gasteiger partial charge is 0.329 e. The van der Waals surface area contributed by atoms with Gasteiger partial charge in [0.1, 0.15) is 5.76 Å². The Kier molecular flexibility index (Phi) is 2.78. The Labute approximate surface area is 110 Å². The topological polar surface area (TPSA) is 40.1 Å². The van der Waals surface area contributed by atoms with Crippen molar-refractivity contribution in [2.75, 3.05) is 0 Å². The number of benzene rings is 1. The number of imidazole rings is 1. The Morgan fingerprint density at radius 2 is 1.79 bits per heavy atom. The fourth-order valence-corrected chi connectivity index (χ4v) is 2.53. The van der Waals surface area contributed by atoms with E-state index >= 15 is 0 Å². The molecule has 0 amide bonds. The Bertz CT molecular complexity index is 763. The van der Waals surface area contributed by atoms with Crippen LogP contribution in [0.25, 0.3) is 22.4 Å². The second-order valence-electron chi connectivity index (χ2n) is 4.45. The number of fused-ring (bicyclic) bond motifs is 1. The van der Waals surface area contributed by atoms with Gasteiger partial charge in [-0.2, -0.15) is 0 Å². The van der Waals surface area contributed by atoms with Gasteiger partial charge in [0.25, 0.3) is 0 Å². The minimum atomic E-state index is 0.0524. The van der Waals surface area contributed by atoms with E-state index in [-0.39, 0.29) is 5.69 Å². The molecule has 0 unspecified atom stereocenters. The van der Waals surface area contributed by atoms with Gasteiger partial charge in [-0.15, -0.1) is 0 Å². The number of rotatable bonds is 3. The molecule has 0 radical (unpaired) electrons. The van der Waals surface area contributed by atoms with Crippen molar-refractivity contribution in [3.8, 4) is 11.3 Å². The molecule has 2 aromatic heterocycles. The predicted octanol–water partition coefficient (Wildman–Crippen LogP) is 3.10. The summed E-state index contributed by atoms with van der Waals surface area (Å²) in [5, 5.41) is 0. The SMILES string of the molecule is CCn1c(=O)n(CC)c2cc(-c3ccco3)ccc21. The number of nitrogens with zero attached hydrogens (tertiary/aromatic N) is 2. The zero-order valence-corrected chi connectivity index (χ0v) is 11.1. The summed E-state index contributed by atoms with van der Waals surface area (Å²) in [6.45, 7) is 5.33. The highest BCUT2D eigenvalue weighted by molar-refractivity contribution is 5.81. The van der Waals surface area contributed by atoms with E-state index in [1.54, 1.807) is 15.4 Å². The number of furan rings is 1. The van der Waals surface area contributed by atoms with Crippen molar-refractivity contribution in [1.82, 2.24) is 9.13 Å². The van der Waals surface area contributed by atoms with Crippen LogP contribution < -0.4 is 5.69 Å². The number of aryl methyl sites for hydroxylation is 2. The van der Waals surface area contributed by atoms with Crippen molar-refractivity contribution in [2.45, 2.75) is 26.9 Å². The molecular formula is C15H16N2O2. The van der Waals surface area contributed by atoms with Crippen molar-refractivity contribution in [1.29, 1.82) is 0 Å². The molecule has 0 spiro atoms. The summed E-state index contributed by atoms with van der Waals surface area (Å²) in [6, 6.07) is 9.79. The van der Waals surface area contributed by atoms with Gasteiger partial charge in [0, 0.05) is 18.7 Å². The van der Waals surface area contributed by atoms with Crippen LogP contribution in [0.5, 0.6) is 0 Å². The van der Waals surface area contributed by atoms with Crippen LogP contribution in [-0.2, 0) is 13.1 Å². The molecule has 0 aliphatic rings. The molecule has 4 nitrogen and oxygen atoms in total. The standard InChI is InChI=1S/C15H16N2O2/c1-3-16-12-8-7-11(14-6-5-9-19-14)10-13(12)17(4-2)15(16)18/h5-10H,3-4H2,1-2H3. The number of hydrogen-bond donors (Lipinski definition) is 0. The fourth-order valence-electron chi connectivity index (χ4n) is 2.53. The van der Waals surface area contributed by atoms with Crippen molar-refractivity contribution in [2.24, 2.45) is 0 Å². The van der Waals surface area contributed by atoms with E-state index in [2.05, 4.69) is 0 Å². The van der Waals surface area contributed by atoms with Gasteiger partial charge < -0.3 is 4.42 Å². The molecule has 3 rings (SSSR count). The van der Waals surface area contributed by atoms with Crippen LogP contribution in [0.3, 0.4) is 0 Å². The summed E-state index contributed by atoms with van der Waals surface area (Å²) in [7, 11) is 0. The molecule has 2 heterocycles. The van der Waals surface area contributed by atoms with Gasteiger partial charge in [0.15, 0.2) is 0 Å². The average Bonchev–Trinajstić information content (AvgIpc) is 3.03. The summed E-state index contributed by atoms with van der Waals surface area (Å²) in [5.41, 5.74) is 2.98. The van der Waals surface area contributed by atoms with Gasteiger partial charge in [-0.25, -0.2) is 4.79 Å². The van der Waals surface area contributed by atoms with Crippen molar-refractivity contribution >= 4 is 11.0 Å². The molecule has 0 atom stereocenters. The lowest BCUT2D eigenvalue weighted by Crippen LogP contribution is -2.22. The summed E-state index contributed by atoms with van der Waals surface area (Å²) in [5.74, 6) is 0.821. The maximum atomic E-state index is 12.3. The van der Waals surface area contributed by atoms with E-state index in [0.717, 1.165) is 22.4 Å². The van der Waals surface area contributed by atoms with Crippen LogP contribution in [-0.4, -0.2) is 9.13 Å². The van der Waals surface area contributed by atoms with Crippen LogP contribution in [0.1, 0.15) is 13.8 Å². The van der Waals surface area contributed by atoms with Crippen LogP contribution in [0.15, 0.2) is 45.8 Å². The van der Waals surface area contributed by atoms with Crippen LogP contribution >= 0.6 is 0 Å². The first-order valence-corrected chi connectivity index (χ1v) is 6.53. The van der Waals surface area contributed by atoms with Gasteiger partial charge >= 0.3 is 5.69 Å². The molecular weight excluding hydrogens is 240 g/mol. The maximum Gasteiger partial charge on any atom is 0.329 e. The molecule has 0 aliphatic heterocycles. The Morgan fingerprint density at radius 3 is 2.42 bits per heavy atom. The molecule has 0 N–H and O–H groups in total. The van der Waals surface area contributed by atoms with E-state index in [0.29, 0.717) is 13.1 Å². The summed E-state index contributed by atoms with van der Waals surface area (Å²) in [6.07, 6.45) is 1.66. The molecule has 0 saturated heterocycles. The first-order chi connectivity index (χ1) is 9.26. The summed E-state index contributed by atoms with van der Waals surface area (Å²) >= 11 is 0. The quantitative estimate of drug-likeness (QED) is 0.722. The third-order valence-electron chi connectivity index (χ3n) is 3.46. The first-order valence-electron chi connectivity index (χ1n) is 6.53. The van der Waals surface area contributed by atoms with E-state index in [4.69, 9.17) is 4.42 Å². The average molecular weight is 256 g/mol. The monoisotopic (exact) mass is 256 g/mol. The zero-order chi connectivity index (χ0) is 13.4. The van der Waals surface area contributed by atoms with Gasteiger partial charge in [-0.1, -0.05) is 0 Å². The van der Waals surface area contributed by atoms with E-state index < -0.39 is 0 Å². The van der Waals surface area contributed by atoms with Gasteiger partial charge in [0.2, 0.25) is 0 Å². The van der Waals surface area contributed by atoms with Gasteiger partial charge in [-0.05, 0) is 44.2 Å². The normalized spacial score (nSPS) is 11.3. The van der Waals surface area contributed by atoms with Crippen molar-refractivity contribution in [3.63, 3.8) is 0 Å². The lowest BCUT2D eigenvalue weighted by atomic mass is 10.1. The fraction of sp³-hybridized carbons (Fsp3) is 0.267. The number of hydrogen-bond acceptors (Lipinski definition) is 2. The minimum Gasteiger partial charge on any atom is -0.464 e. The third-order valence-corrected chi connectivity index (χ3v) is 3.46. The molecule has 1 aromatic carbocycles. The highest BCUT2D eigenvalue weighted by atomic mass is 16.3. The highest BCUT2D eigenvalue weighted by Gasteiger charge is 2.12. The minimum absolute atomic E-state index is 0.0524. The van der Waals surface area contributed by atoms with E-state index in [1.165, 1.54) is 0 Å². The summed E-state index contributed by atoms with van der Waals surface area (Å²) < 4.78 is 9.00. The molecule has 0 bridgehead atoms. The molecule has 4 heteroatoms. The van der Waals surface area contributed by atoms with Gasteiger partial charge in [0.05, 0.1) is 17.3 Å².